The summed E-state index contributed by atoms with van der Waals surface area (Å²) in [5.41, 5.74) is 0.736. The molecular formula is C14H16INO3. The summed E-state index contributed by atoms with van der Waals surface area (Å²) < 4.78 is 5.70. The van der Waals surface area contributed by atoms with Crippen LogP contribution < -0.4 is 0 Å². The second-order valence-electron chi connectivity index (χ2n) is 4.57. The molecule has 1 aliphatic heterocycles. The molecule has 0 N–H and O–H groups in total. The van der Waals surface area contributed by atoms with E-state index in [1.807, 2.05) is 29.2 Å². The Kier molecular flexibility index (Phi) is 4.79. The Bertz CT molecular complexity index is 481. The first-order valence-electron chi connectivity index (χ1n) is 6.25. The van der Waals surface area contributed by atoms with Gasteiger partial charge in [0.15, 0.2) is 0 Å². The number of hydrogen-bond donors (Lipinski definition) is 0. The van der Waals surface area contributed by atoms with Crippen molar-refractivity contribution in [3.63, 3.8) is 0 Å². The number of methoxy groups -OCH3 is 1. The lowest BCUT2D eigenvalue weighted by Crippen LogP contribution is -2.40. The third kappa shape index (κ3) is 3.26. The van der Waals surface area contributed by atoms with E-state index in [0.717, 1.165) is 9.13 Å². The second kappa shape index (κ2) is 6.36. The minimum Gasteiger partial charge on any atom is -0.469 e. The Morgan fingerprint density at radius 3 is 2.47 bits per heavy atom. The van der Waals surface area contributed by atoms with Gasteiger partial charge in [-0.15, -0.1) is 0 Å². The molecule has 0 saturated carbocycles. The molecule has 1 aliphatic rings. The molecule has 1 saturated heterocycles. The minimum atomic E-state index is -0.165. The zero-order valence-electron chi connectivity index (χ0n) is 10.8. The topological polar surface area (TPSA) is 46.6 Å². The number of nitrogens with zero attached hydrogens (tertiary/aromatic N) is 1. The maximum absolute atomic E-state index is 12.4. The molecule has 0 radical (unpaired) electrons. The van der Waals surface area contributed by atoms with Crippen LogP contribution in [0.2, 0.25) is 0 Å². The van der Waals surface area contributed by atoms with Crippen LogP contribution in [0.5, 0.6) is 0 Å². The van der Waals surface area contributed by atoms with Crippen molar-refractivity contribution in [3.05, 3.63) is 33.4 Å². The molecule has 0 spiro atoms. The predicted molar refractivity (Wildman–Crippen MR) is 79.8 cm³/mol. The summed E-state index contributed by atoms with van der Waals surface area (Å²) in [5, 5.41) is 0. The normalized spacial score (nSPS) is 16.2. The van der Waals surface area contributed by atoms with Crippen LogP contribution >= 0.6 is 22.6 Å². The summed E-state index contributed by atoms with van der Waals surface area (Å²) in [6.45, 7) is 1.23. The third-order valence-corrected chi connectivity index (χ3v) is 4.36. The zero-order valence-corrected chi connectivity index (χ0v) is 12.9. The SMILES string of the molecule is COC(=O)C1CCN(C(=O)c2ccccc2I)CC1. The first-order chi connectivity index (χ1) is 9.13. The number of esters is 1. The van der Waals surface area contributed by atoms with Crippen LogP contribution in [0.4, 0.5) is 0 Å². The van der Waals surface area contributed by atoms with E-state index in [-0.39, 0.29) is 17.8 Å². The lowest BCUT2D eigenvalue weighted by molar-refractivity contribution is -0.146. The van der Waals surface area contributed by atoms with Crippen molar-refractivity contribution in [2.75, 3.05) is 20.2 Å². The largest absolute Gasteiger partial charge is 0.469 e. The number of amides is 1. The number of carbonyl (C=O) groups is 2. The van der Waals surface area contributed by atoms with Crippen LogP contribution in [0.15, 0.2) is 24.3 Å². The molecule has 1 fully saturated rings. The van der Waals surface area contributed by atoms with Crippen molar-refractivity contribution in [3.8, 4) is 0 Å². The summed E-state index contributed by atoms with van der Waals surface area (Å²) in [7, 11) is 1.41. The van der Waals surface area contributed by atoms with Gasteiger partial charge in [0.2, 0.25) is 0 Å². The van der Waals surface area contributed by atoms with Gasteiger partial charge in [-0.1, -0.05) is 12.1 Å². The summed E-state index contributed by atoms with van der Waals surface area (Å²) in [5.74, 6) is -0.182. The van der Waals surface area contributed by atoms with Crippen LogP contribution in [0.3, 0.4) is 0 Å². The van der Waals surface area contributed by atoms with Crippen molar-refractivity contribution in [2.24, 2.45) is 5.92 Å². The van der Waals surface area contributed by atoms with Gasteiger partial charge >= 0.3 is 5.97 Å². The number of ether oxygens (including phenoxy) is 1. The van der Waals surface area contributed by atoms with Gasteiger partial charge in [-0.3, -0.25) is 9.59 Å². The molecule has 0 bridgehead atoms. The molecule has 19 heavy (non-hydrogen) atoms. The van der Waals surface area contributed by atoms with Crippen molar-refractivity contribution >= 4 is 34.5 Å². The van der Waals surface area contributed by atoms with Gasteiger partial charge < -0.3 is 9.64 Å². The standard InChI is InChI=1S/C14H16INO3/c1-19-14(18)10-6-8-16(9-7-10)13(17)11-4-2-3-5-12(11)15/h2-5,10H,6-9H2,1H3. The molecule has 2 rings (SSSR count). The minimum absolute atomic E-state index is 0.0494. The van der Waals surface area contributed by atoms with Crippen molar-refractivity contribution in [1.82, 2.24) is 4.90 Å². The molecule has 4 nitrogen and oxygen atoms in total. The highest BCUT2D eigenvalue weighted by atomic mass is 127. The summed E-state index contributed by atoms with van der Waals surface area (Å²) in [6.07, 6.45) is 1.36. The lowest BCUT2D eigenvalue weighted by Gasteiger charge is -2.31. The van der Waals surface area contributed by atoms with E-state index in [4.69, 9.17) is 4.74 Å². The maximum Gasteiger partial charge on any atom is 0.308 e. The number of likely N-dealkylation sites (tertiary alicyclic amines) is 1. The van der Waals surface area contributed by atoms with E-state index in [1.165, 1.54) is 7.11 Å². The highest BCUT2D eigenvalue weighted by Gasteiger charge is 2.28. The molecule has 0 aliphatic carbocycles. The van der Waals surface area contributed by atoms with Gasteiger partial charge in [0.05, 0.1) is 18.6 Å². The number of rotatable bonds is 2. The van der Waals surface area contributed by atoms with Crippen LogP contribution in [-0.4, -0.2) is 37.0 Å². The van der Waals surface area contributed by atoms with E-state index in [0.29, 0.717) is 25.9 Å². The Morgan fingerprint density at radius 1 is 1.26 bits per heavy atom. The highest BCUT2D eigenvalue weighted by molar-refractivity contribution is 14.1. The zero-order chi connectivity index (χ0) is 13.8. The fraction of sp³-hybridized carbons (Fsp3) is 0.429. The Labute approximate surface area is 126 Å². The lowest BCUT2D eigenvalue weighted by atomic mass is 9.96. The number of carbonyl (C=O) groups excluding carboxylic acids is 2. The van der Waals surface area contributed by atoms with Crippen LogP contribution in [0.25, 0.3) is 0 Å². The van der Waals surface area contributed by atoms with Crippen molar-refractivity contribution < 1.29 is 14.3 Å². The maximum atomic E-state index is 12.4. The molecule has 102 valence electrons. The van der Waals surface area contributed by atoms with Gasteiger partial charge in [0.1, 0.15) is 0 Å². The molecule has 1 aromatic carbocycles. The van der Waals surface area contributed by atoms with Crippen LogP contribution in [0.1, 0.15) is 23.2 Å². The van der Waals surface area contributed by atoms with Crippen LogP contribution in [-0.2, 0) is 9.53 Å². The fourth-order valence-corrected chi connectivity index (χ4v) is 2.91. The van der Waals surface area contributed by atoms with E-state index in [1.54, 1.807) is 0 Å². The average molecular weight is 373 g/mol. The van der Waals surface area contributed by atoms with Gasteiger partial charge in [-0.25, -0.2) is 0 Å². The van der Waals surface area contributed by atoms with Crippen molar-refractivity contribution in [2.45, 2.75) is 12.8 Å². The van der Waals surface area contributed by atoms with E-state index in [2.05, 4.69) is 22.6 Å². The van der Waals surface area contributed by atoms with Gasteiger partial charge in [-0.2, -0.15) is 0 Å². The monoisotopic (exact) mass is 373 g/mol. The molecule has 5 heteroatoms. The first kappa shape index (κ1) is 14.3. The van der Waals surface area contributed by atoms with E-state index in [9.17, 15) is 9.59 Å². The summed E-state index contributed by atoms with van der Waals surface area (Å²) in [4.78, 5) is 25.6. The van der Waals surface area contributed by atoms with Gasteiger partial charge in [0.25, 0.3) is 5.91 Å². The quantitative estimate of drug-likeness (QED) is 0.591. The Hall–Kier alpha value is -1.11. The molecule has 1 heterocycles. The fourth-order valence-electron chi connectivity index (χ4n) is 2.29. The van der Waals surface area contributed by atoms with E-state index >= 15 is 0 Å². The predicted octanol–water partition coefficient (Wildman–Crippen LogP) is 2.32. The molecule has 1 amide bonds. The number of benzene rings is 1. The average Bonchev–Trinajstić information content (AvgIpc) is 2.46. The second-order valence-corrected chi connectivity index (χ2v) is 5.73. The Balaban J connectivity index is 2.00. The molecule has 0 atom stereocenters. The summed E-state index contributed by atoms with van der Waals surface area (Å²) >= 11 is 2.17. The third-order valence-electron chi connectivity index (χ3n) is 3.42. The molecule has 0 unspecified atom stereocenters. The van der Waals surface area contributed by atoms with Crippen LogP contribution in [0, 0.1) is 9.49 Å². The molecule has 1 aromatic rings. The smallest absolute Gasteiger partial charge is 0.308 e. The number of piperidine rings is 1. The first-order valence-corrected chi connectivity index (χ1v) is 7.33. The number of halogens is 1. The van der Waals surface area contributed by atoms with Gasteiger partial charge in [0, 0.05) is 16.7 Å². The van der Waals surface area contributed by atoms with Gasteiger partial charge in [-0.05, 0) is 47.6 Å². The highest BCUT2D eigenvalue weighted by Crippen LogP contribution is 2.21. The summed E-state index contributed by atoms with van der Waals surface area (Å²) in [6, 6.07) is 7.56. The molecule has 0 aromatic heterocycles. The number of hydrogen-bond acceptors (Lipinski definition) is 3. The van der Waals surface area contributed by atoms with Crippen molar-refractivity contribution in [1.29, 1.82) is 0 Å². The Morgan fingerprint density at radius 2 is 1.89 bits per heavy atom. The molecular weight excluding hydrogens is 357 g/mol. The van der Waals surface area contributed by atoms with E-state index < -0.39 is 0 Å².